The van der Waals surface area contributed by atoms with E-state index in [1.807, 2.05) is 25.1 Å². The zero-order chi connectivity index (χ0) is 23.4. The Morgan fingerprint density at radius 2 is 2.00 bits per heavy atom. The third-order valence-electron chi connectivity index (χ3n) is 6.01. The van der Waals surface area contributed by atoms with Gasteiger partial charge in [0.2, 0.25) is 0 Å². The first-order chi connectivity index (χ1) is 15.1. The number of fused-ring (bicyclic) bond motifs is 4. The average molecular weight is 461 g/mol. The van der Waals surface area contributed by atoms with Crippen LogP contribution >= 0.6 is 0 Å². The molecule has 1 aromatic carbocycles. The van der Waals surface area contributed by atoms with Gasteiger partial charge in [-0.25, -0.2) is 4.98 Å². The van der Waals surface area contributed by atoms with Crippen LogP contribution in [-0.4, -0.2) is 56.4 Å². The minimum absolute atomic E-state index is 0. The van der Waals surface area contributed by atoms with Crippen LogP contribution in [0.2, 0.25) is 0 Å². The Labute approximate surface area is 212 Å². The van der Waals surface area contributed by atoms with Crippen LogP contribution in [0.4, 0.5) is 0 Å². The molecular formula is C23H24N3NaO6. The van der Waals surface area contributed by atoms with E-state index in [1.165, 1.54) is 17.6 Å². The maximum Gasteiger partial charge on any atom is 1.00 e. The Bertz CT molecular complexity index is 1320. The Morgan fingerprint density at radius 1 is 1.30 bits per heavy atom. The van der Waals surface area contributed by atoms with Gasteiger partial charge in [-0.05, 0) is 50.8 Å². The van der Waals surface area contributed by atoms with Crippen LogP contribution in [0.5, 0.6) is 5.75 Å². The van der Waals surface area contributed by atoms with Crippen molar-refractivity contribution in [3.63, 3.8) is 0 Å². The maximum absolute atomic E-state index is 13.1. The summed E-state index contributed by atoms with van der Waals surface area (Å²) in [5, 5.41) is 42.9. The number of aromatic nitrogens is 2. The molecule has 0 unspecified atom stereocenters. The van der Waals surface area contributed by atoms with Crippen molar-refractivity contribution in [1.82, 2.24) is 14.5 Å². The predicted molar refractivity (Wildman–Crippen MR) is 115 cm³/mol. The number of carboxylic acids is 1. The molecule has 3 heterocycles. The van der Waals surface area contributed by atoms with Crippen LogP contribution in [0.25, 0.3) is 22.3 Å². The number of carbonyl (C=O) groups excluding carboxylic acids is 1. The quantitative estimate of drug-likeness (QED) is 0.256. The van der Waals surface area contributed by atoms with E-state index in [0.29, 0.717) is 23.4 Å². The second-order valence-corrected chi connectivity index (χ2v) is 8.44. The number of benzene rings is 1. The molecule has 10 heteroatoms. The van der Waals surface area contributed by atoms with E-state index in [9.17, 15) is 30.0 Å². The molecule has 1 aliphatic rings. The van der Waals surface area contributed by atoms with Gasteiger partial charge in [0.05, 0.1) is 29.4 Å². The van der Waals surface area contributed by atoms with Crippen molar-refractivity contribution in [2.75, 3.05) is 20.7 Å². The number of phenolic OH excluding ortho intramolecular Hbond substituents is 1. The summed E-state index contributed by atoms with van der Waals surface area (Å²) < 4.78 is 1.48. The number of pyridine rings is 2. The first-order valence-electron chi connectivity index (χ1n) is 10.2. The fourth-order valence-electron chi connectivity index (χ4n) is 4.37. The molecular weight excluding hydrogens is 437 g/mol. The number of nitrogens with zero attached hydrogens (tertiary/aromatic N) is 3. The van der Waals surface area contributed by atoms with Gasteiger partial charge in [0.25, 0.3) is 5.56 Å². The van der Waals surface area contributed by atoms with Crippen LogP contribution in [0.1, 0.15) is 28.7 Å². The van der Waals surface area contributed by atoms with E-state index in [2.05, 4.69) is 0 Å². The second kappa shape index (κ2) is 9.17. The van der Waals surface area contributed by atoms with E-state index >= 15 is 0 Å². The molecule has 1 aliphatic heterocycles. The second-order valence-electron chi connectivity index (χ2n) is 8.44. The first kappa shape index (κ1) is 25.4. The number of aromatic hydroxyl groups is 1. The summed E-state index contributed by atoms with van der Waals surface area (Å²) in [5.41, 5.74) is -0.0329. The van der Waals surface area contributed by atoms with Crippen LogP contribution in [0, 0.1) is 6.92 Å². The molecule has 33 heavy (non-hydrogen) atoms. The van der Waals surface area contributed by atoms with E-state index in [0.717, 1.165) is 16.5 Å². The van der Waals surface area contributed by atoms with Crippen molar-refractivity contribution in [2.24, 2.45) is 0 Å². The van der Waals surface area contributed by atoms with Crippen LogP contribution < -0.4 is 40.2 Å². The summed E-state index contributed by atoms with van der Waals surface area (Å²) in [6, 6.07) is 6.58. The van der Waals surface area contributed by atoms with E-state index in [1.54, 1.807) is 12.1 Å². The summed E-state index contributed by atoms with van der Waals surface area (Å²) in [6.45, 7) is 1.57. The topological polar surface area (TPSA) is 139 Å². The molecule has 168 valence electrons. The Balaban J connectivity index is 0.00000306. The molecule has 3 N–H and O–H groups in total. The van der Waals surface area contributed by atoms with Gasteiger partial charge in [0.15, 0.2) is 0 Å². The van der Waals surface area contributed by atoms with E-state index in [4.69, 9.17) is 4.98 Å². The fraction of sp³-hybridized carbons (Fsp3) is 0.348. The van der Waals surface area contributed by atoms with Gasteiger partial charge in [-0.1, -0.05) is 0 Å². The molecule has 0 aliphatic carbocycles. The van der Waals surface area contributed by atoms with Crippen molar-refractivity contribution in [1.29, 1.82) is 0 Å². The summed E-state index contributed by atoms with van der Waals surface area (Å²) in [6.07, 6.45) is -0.510. The monoisotopic (exact) mass is 461 g/mol. The average Bonchev–Trinajstić information content (AvgIpc) is 3.09. The van der Waals surface area contributed by atoms with Gasteiger partial charge >= 0.3 is 29.6 Å². The molecule has 3 aromatic rings. The summed E-state index contributed by atoms with van der Waals surface area (Å²) in [5.74, 6) is -1.63. The van der Waals surface area contributed by atoms with Gasteiger partial charge in [-0.15, -0.1) is 0 Å². The number of carbonyl (C=O) groups is 1. The minimum Gasteiger partial charge on any atom is -0.547 e. The standard InChI is InChI=1S/C23H25N3O6.Na/c1-12-16(23(32,6-7-27)22(30)31)9-18-20-13(10-26(18)21(12)29)8-14-15(11-25(2)3)19(28)5-4-17(14)24-20;/h4-5,8-9,27-28,32H,6-7,10-11H2,1-3H3,(H,30,31);/q;+1/p-1/t23-;/m0./s1. The van der Waals surface area contributed by atoms with Crippen molar-refractivity contribution in [3.05, 3.63) is 56.9 Å². The third-order valence-corrected chi connectivity index (χ3v) is 6.01. The zero-order valence-corrected chi connectivity index (χ0v) is 21.0. The van der Waals surface area contributed by atoms with Gasteiger partial charge in [-0.2, -0.15) is 0 Å². The zero-order valence-electron chi connectivity index (χ0n) is 19.0. The van der Waals surface area contributed by atoms with Crippen molar-refractivity contribution < 1.29 is 54.8 Å². The molecule has 2 aromatic heterocycles. The molecule has 0 amide bonds. The summed E-state index contributed by atoms with van der Waals surface area (Å²) in [7, 11) is 3.78. The predicted octanol–water partition coefficient (Wildman–Crippen LogP) is -3.18. The van der Waals surface area contributed by atoms with Gasteiger partial charge in [-0.3, -0.25) is 4.79 Å². The largest absolute Gasteiger partial charge is 1.00 e. The smallest absolute Gasteiger partial charge is 0.547 e. The Kier molecular flexibility index (Phi) is 7.05. The van der Waals surface area contributed by atoms with Gasteiger partial charge in [0, 0.05) is 41.6 Å². The molecule has 1 atom stereocenters. The minimum atomic E-state index is -2.50. The van der Waals surface area contributed by atoms with Crippen molar-refractivity contribution >= 4 is 16.9 Å². The number of hydrogen-bond donors (Lipinski definition) is 3. The Hall–Kier alpha value is -2.27. The number of phenols is 1. The molecule has 0 spiro atoms. The molecule has 0 bridgehead atoms. The molecule has 0 saturated heterocycles. The number of rotatable bonds is 6. The fourth-order valence-corrected chi connectivity index (χ4v) is 4.37. The molecule has 0 fully saturated rings. The van der Waals surface area contributed by atoms with Crippen molar-refractivity contribution in [3.8, 4) is 17.1 Å². The normalized spacial score (nSPS) is 14.0. The van der Waals surface area contributed by atoms with Crippen molar-refractivity contribution in [2.45, 2.75) is 32.0 Å². The number of aliphatic hydroxyl groups is 2. The van der Waals surface area contributed by atoms with Gasteiger partial charge in [0.1, 0.15) is 11.4 Å². The number of hydrogen-bond acceptors (Lipinski definition) is 8. The first-order valence-corrected chi connectivity index (χ1v) is 10.2. The molecule has 0 radical (unpaired) electrons. The number of carboxylic acid groups (broad SMARTS) is 1. The number of aliphatic hydroxyl groups excluding tert-OH is 1. The van der Waals surface area contributed by atoms with E-state index in [-0.39, 0.29) is 53.0 Å². The van der Waals surface area contributed by atoms with Crippen LogP contribution in [0.15, 0.2) is 29.1 Å². The van der Waals surface area contributed by atoms with Crippen LogP contribution in [-0.2, 0) is 23.5 Å². The van der Waals surface area contributed by atoms with Crippen LogP contribution in [0.3, 0.4) is 0 Å². The third kappa shape index (κ3) is 4.09. The molecule has 0 saturated carbocycles. The Morgan fingerprint density at radius 3 is 2.61 bits per heavy atom. The maximum atomic E-state index is 13.1. The number of aliphatic carboxylic acids is 1. The van der Waals surface area contributed by atoms with E-state index < -0.39 is 30.2 Å². The molecule has 4 rings (SSSR count). The SMILES string of the molecule is Cc1c([C@@](O)(CCO)C(=O)[O-])cc2n(c1=O)Cc1cc3c(CN(C)C)c(O)ccc3nc1-2.[Na+]. The van der Waals surface area contributed by atoms with Gasteiger partial charge < -0.3 is 34.7 Å². The molecule has 9 nitrogen and oxygen atoms in total. The summed E-state index contributed by atoms with van der Waals surface area (Å²) >= 11 is 0. The summed E-state index contributed by atoms with van der Waals surface area (Å²) in [4.78, 5) is 31.5.